The number of hydrogen-bond acceptors (Lipinski definition) is 8. The maximum atomic E-state index is 12.8. The van der Waals surface area contributed by atoms with Crippen LogP contribution in [0.5, 0.6) is 0 Å². The zero-order chi connectivity index (χ0) is 68.6. The largest absolute Gasteiger partial charge is 0.472 e. The summed E-state index contributed by atoms with van der Waals surface area (Å²) in [6.07, 6.45) is 108. The molecule has 0 heterocycles. The van der Waals surface area contributed by atoms with E-state index in [1.807, 2.05) is 0 Å². The van der Waals surface area contributed by atoms with Gasteiger partial charge in [0.25, 0.3) is 0 Å². The van der Waals surface area contributed by atoms with E-state index in [2.05, 4.69) is 86.8 Å². The van der Waals surface area contributed by atoms with Gasteiger partial charge in [0.05, 0.1) is 13.2 Å². The Labute approximate surface area is 590 Å². The zero-order valence-corrected chi connectivity index (χ0v) is 63.8. The van der Waals surface area contributed by atoms with Crippen molar-refractivity contribution in [3.8, 4) is 0 Å². The number of allylic oxidation sites excluding steroid dienone is 12. The average molecular weight is 1350 g/mol. The molecule has 0 radical (unpaired) electrons. The smallest absolute Gasteiger partial charge is 0.462 e. The summed E-state index contributed by atoms with van der Waals surface area (Å²) in [4.78, 5) is 35.5. The van der Waals surface area contributed by atoms with Crippen LogP contribution in [0.15, 0.2) is 72.9 Å². The van der Waals surface area contributed by atoms with Crippen molar-refractivity contribution in [1.82, 2.24) is 0 Å². The molecular weight excluding hydrogens is 1190 g/mol. The van der Waals surface area contributed by atoms with Crippen LogP contribution >= 0.6 is 7.82 Å². The van der Waals surface area contributed by atoms with Crippen LogP contribution in [0.25, 0.3) is 0 Å². The van der Waals surface area contributed by atoms with Crippen LogP contribution in [0.1, 0.15) is 425 Å². The third-order valence-corrected chi connectivity index (χ3v) is 19.6. The van der Waals surface area contributed by atoms with Crippen LogP contribution in [0.4, 0.5) is 0 Å². The number of esters is 2. The van der Waals surface area contributed by atoms with E-state index in [1.54, 1.807) is 0 Å². The number of carbonyl (C=O) groups excluding carboxylic acids is 2. The molecule has 95 heavy (non-hydrogen) atoms. The number of unbranched alkanes of at least 4 members (excludes halogenated alkanes) is 54. The molecule has 0 saturated heterocycles. The Morgan fingerprint density at radius 1 is 0.326 bits per heavy atom. The highest BCUT2D eigenvalue weighted by Crippen LogP contribution is 2.43. The summed E-state index contributed by atoms with van der Waals surface area (Å²) in [5, 5.41) is 0. The van der Waals surface area contributed by atoms with Gasteiger partial charge in [-0.25, -0.2) is 4.57 Å². The van der Waals surface area contributed by atoms with Crippen LogP contribution in [0.2, 0.25) is 0 Å². The Balaban J connectivity index is 3.74. The monoisotopic (exact) mass is 1350 g/mol. The van der Waals surface area contributed by atoms with Gasteiger partial charge in [-0.3, -0.25) is 18.6 Å². The highest BCUT2D eigenvalue weighted by atomic mass is 31.2. The van der Waals surface area contributed by atoms with Gasteiger partial charge in [-0.05, 0) is 64.2 Å². The van der Waals surface area contributed by atoms with Crippen molar-refractivity contribution < 1.29 is 37.6 Å². The van der Waals surface area contributed by atoms with E-state index < -0.39 is 26.5 Å². The molecular formula is C85H158NO8P. The Bertz CT molecular complexity index is 1790. The molecule has 0 bridgehead atoms. The van der Waals surface area contributed by atoms with Gasteiger partial charge in [-0.15, -0.1) is 0 Å². The number of carbonyl (C=O) groups is 2. The summed E-state index contributed by atoms with van der Waals surface area (Å²) >= 11 is 0. The Morgan fingerprint density at radius 3 is 0.863 bits per heavy atom. The minimum atomic E-state index is -4.40. The maximum Gasteiger partial charge on any atom is 0.472 e. The number of phosphoric acid groups is 1. The number of nitrogens with two attached hydrogens (primary N) is 1. The first-order chi connectivity index (χ1) is 46.8. The maximum absolute atomic E-state index is 12.8. The molecule has 0 aliphatic carbocycles. The lowest BCUT2D eigenvalue weighted by Crippen LogP contribution is -2.29. The van der Waals surface area contributed by atoms with E-state index in [0.717, 1.165) is 77.0 Å². The molecule has 0 aliphatic heterocycles. The first-order valence-electron chi connectivity index (χ1n) is 41.4. The normalized spacial score (nSPS) is 13.2. The first-order valence-corrected chi connectivity index (χ1v) is 42.9. The van der Waals surface area contributed by atoms with E-state index in [1.165, 1.54) is 315 Å². The van der Waals surface area contributed by atoms with Gasteiger partial charge in [0.2, 0.25) is 0 Å². The first kappa shape index (κ1) is 92.4. The van der Waals surface area contributed by atoms with E-state index in [4.69, 9.17) is 24.3 Å². The van der Waals surface area contributed by atoms with Crippen LogP contribution in [0.3, 0.4) is 0 Å². The summed E-state index contributed by atoms with van der Waals surface area (Å²) in [7, 11) is -4.40. The van der Waals surface area contributed by atoms with Gasteiger partial charge in [-0.2, -0.15) is 0 Å². The predicted octanol–water partition coefficient (Wildman–Crippen LogP) is 27.9. The third-order valence-electron chi connectivity index (χ3n) is 18.6. The average Bonchev–Trinajstić information content (AvgIpc) is 3.25. The van der Waals surface area contributed by atoms with Gasteiger partial charge in [-0.1, -0.05) is 421 Å². The molecule has 0 spiro atoms. The summed E-state index contributed by atoms with van der Waals surface area (Å²) in [6, 6.07) is 0. The van der Waals surface area contributed by atoms with Gasteiger partial charge >= 0.3 is 19.8 Å². The second-order valence-electron chi connectivity index (χ2n) is 28.0. The minimum absolute atomic E-state index is 0.0535. The van der Waals surface area contributed by atoms with E-state index in [9.17, 15) is 19.0 Å². The van der Waals surface area contributed by atoms with Crippen LogP contribution in [-0.2, 0) is 32.7 Å². The predicted molar refractivity (Wildman–Crippen MR) is 413 cm³/mol. The molecule has 0 saturated carbocycles. The molecule has 0 rings (SSSR count). The molecule has 0 aromatic carbocycles. The molecule has 2 atom stereocenters. The molecule has 0 aromatic heterocycles. The lowest BCUT2D eigenvalue weighted by atomic mass is 10.0. The summed E-state index contributed by atoms with van der Waals surface area (Å²) in [6.45, 7) is 3.70. The Morgan fingerprint density at radius 2 is 0.579 bits per heavy atom. The molecule has 10 heteroatoms. The zero-order valence-electron chi connectivity index (χ0n) is 62.9. The third kappa shape index (κ3) is 80.3. The topological polar surface area (TPSA) is 134 Å². The number of rotatable bonds is 79. The Kier molecular flexibility index (Phi) is 78.3. The molecule has 0 aliphatic rings. The number of phosphoric ester groups is 1. The van der Waals surface area contributed by atoms with Crippen molar-refractivity contribution in [3.63, 3.8) is 0 Å². The van der Waals surface area contributed by atoms with Crippen molar-refractivity contribution in [3.05, 3.63) is 72.9 Å². The fourth-order valence-electron chi connectivity index (χ4n) is 12.5. The van der Waals surface area contributed by atoms with Gasteiger partial charge < -0.3 is 20.1 Å². The molecule has 556 valence electrons. The van der Waals surface area contributed by atoms with Crippen molar-refractivity contribution in [2.45, 2.75) is 431 Å². The molecule has 0 amide bonds. The van der Waals surface area contributed by atoms with Crippen molar-refractivity contribution in [2.24, 2.45) is 5.73 Å². The summed E-state index contributed by atoms with van der Waals surface area (Å²) < 4.78 is 33.3. The highest BCUT2D eigenvalue weighted by Gasteiger charge is 2.26. The lowest BCUT2D eigenvalue weighted by Gasteiger charge is -2.19. The quantitative estimate of drug-likeness (QED) is 0.0264. The second kappa shape index (κ2) is 80.4. The number of hydrogen-bond donors (Lipinski definition) is 2. The minimum Gasteiger partial charge on any atom is -0.462 e. The molecule has 2 unspecified atom stereocenters. The van der Waals surface area contributed by atoms with Crippen LogP contribution in [0, 0.1) is 0 Å². The van der Waals surface area contributed by atoms with E-state index in [0.29, 0.717) is 6.42 Å². The fraction of sp³-hybridized carbons (Fsp3) is 0.835. The fourth-order valence-corrected chi connectivity index (χ4v) is 13.3. The van der Waals surface area contributed by atoms with Gasteiger partial charge in [0.15, 0.2) is 6.10 Å². The van der Waals surface area contributed by atoms with Gasteiger partial charge in [0.1, 0.15) is 6.61 Å². The van der Waals surface area contributed by atoms with Crippen molar-refractivity contribution >= 4 is 19.8 Å². The summed E-state index contributed by atoms with van der Waals surface area (Å²) in [5.41, 5.74) is 5.42. The van der Waals surface area contributed by atoms with Crippen LogP contribution < -0.4 is 5.73 Å². The molecule has 9 nitrogen and oxygen atoms in total. The summed E-state index contributed by atoms with van der Waals surface area (Å²) in [5.74, 6) is -0.809. The molecule has 0 fully saturated rings. The number of ether oxygens (including phenoxy) is 2. The lowest BCUT2D eigenvalue weighted by molar-refractivity contribution is -0.161. The van der Waals surface area contributed by atoms with Gasteiger partial charge in [0, 0.05) is 19.4 Å². The highest BCUT2D eigenvalue weighted by molar-refractivity contribution is 7.47. The van der Waals surface area contributed by atoms with Crippen molar-refractivity contribution in [1.29, 1.82) is 0 Å². The second-order valence-corrected chi connectivity index (χ2v) is 29.4. The SMILES string of the molecule is CC/C=C\C/C=C\C/C=C\C/C=C\C/C=C\C/C=C\CCCCCCCCCCCCCCCCC(=O)OC(COC(=O)CCCCCCCCCCCCCCCCCCCCCCCCCCCCCCCCCCCCCCCCCCC)COP(=O)(O)OCCN. The Hall–Kier alpha value is -2.55. The van der Waals surface area contributed by atoms with Crippen LogP contribution in [-0.4, -0.2) is 49.3 Å². The van der Waals surface area contributed by atoms with E-state index in [-0.39, 0.29) is 38.6 Å². The van der Waals surface area contributed by atoms with E-state index >= 15 is 0 Å². The molecule has 0 aromatic rings. The molecule has 3 N–H and O–H groups in total. The van der Waals surface area contributed by atoms with Crippen molar-refractivity contribution in [2.75, 3.05) is 26.4 Å². The standard InChI is InChI=1S/C85H158NO8P/c1-3-5-7-9-11-13-15-17-19-21-23-25-27-29-31-33-35-37-38-39-40-41-42-43-44-46-47-49-51-53-55-57-59-61-63-65-67-69-71-73-75-77-84(87)91-81-83(82-93-95(89,90)92-80-79-86)94-85(88)78-76-74-72-70-68-66-64-62-60-58-56-54-52-50-48-45-36-34-32-30-28-26-24-22-20-18-16-14-12-10-8-6-4-2/h6,8,12,14,18,20,24,26,30,32,36,45,83H,3-5,7,9-11,13,15-17,19,21-23,25,27-29,31,33-35,37-44,46-82,86H2,1-2H3,(H,89,90)/b8-6-,14-12-,20-18-,26-24-,32-30-,45-36-.